The fourth-order valence-corrected chi connectivity index (χ4v) is 0.926. The molecule has 0 amide bonds. The molecule has 0 saturated heterocycles. The van der Waals surface area contributed by atoms with E-state index in [2.05, 4.69) is 0 Å². The second-order valence-electron chi connectivity index (χ2n) is 1.84. The number of likely N-dealkylation sites (N-methyl/N-ethyl adjacent to an activating group) is 1. The molecule has 5 heteroatoms. The average molecular weight is 190 g/mol. The summed E-state index contributed by atoms with van der Waals surface area (Å²) in [4.78, 5) is 2.01. The van der Waals surface area contributed by atoms with Crippen molar-refractivity contribution in [2.24, 2.45) is 0 Å². The first kappa shape index (κ1) is 9.93. The highest BCUT2D eigenvalue weighted by Gasteiger charge is 1.97. The van der Waals surface area contributed by atoms with Crippen molar-refractivity contribution < 1.29 is 4.52 Å². The van der Waals surface area contributed by atoms with Gasteiger partial charge in [0.2, 0.25) is 6.85 Å². The number of hydrogen-bond acceptors (Lipinski definition) is 2. The van der Waals surface area contributed by atoms with Gasteiger partial charge in [-0.25, -0.2) is 0 Å². The van der Waals surface area contributed by atoms with E-state index in [1.165, 1.54) is 0 Å². The number of nitrogens with zero attached hydrogens (tertiary/aromatic N) is 1. The summed E-state index contributed by atoms with van der Waals surface area (Å²) >= 11 is 10.7. The van der Waals surface area contributed by atoms with Crippen molar-refractivity contribution >= 4 is 29.3 Å². The average Bonchev–Trinajstić information content (AvgIpc) is 1.63. The molecule has 9 heavy (non-hydrogen) atoms. The van der Waals surface area contributed by atoms with Crippen LogP contribution in [0.15, 0.2) is 0 Å². The summed E-state index contributed by atoms with van der Waals surface area (Å²) in [6.45, 7) is 0.249. The van der Waals surface area contributed by atoms with Crippen LogP contribution >= 0.6 is 29.3 Å². The van der Waals surface area contributed by atoms with Crippen LogP contribution < -0.4 is 0 Å². The molecule has 2 nitrogen and oxygen atoms in total. The Morgan fingerprint density at radius 2 is 2.00 bits per heavy atom. The topological polar surface area (TPSA) is 12.5 Å². The third kappa shape index (κ3) is 8.93. The lowest BCUT2D eigenvalue weighted by Gasteiger charge is -2.08. The minimum Gasteiger partial charge on any atom is -0.330 e. The predicted molar refractivity (Wildman–Crippen MR) is 43.1 cm³/mol. The molecule has 0 aromatic carbocycles. The van der Waals surface area contributed by atoms with Crippen molar-refractivity contribution in [3.8, 4) is 0 Å². The molecule has 0 aliphatic rings. The van der Waals surface area contributed by atoms with E-state index in [0.29, 0.717) is 6.61 Å². The van der Waals surface area contributed by atoms with Gasteiger partial charge in [-0.1, -0.05) is 0 Å². The van der Waals surface area contributed by atoms with Crippen LogP contribution in [0.25, 0.3) is 0 Å². The van der Waals surface area contributed by atoms with Crippen LogP contribution in [0.3, 0.4) is 0 Å². The van der Waals surface area contributed by atoms with Crippen LogP contribution in [0.4, 0.5) is 0 Å². The monoisotopic (exact) mass is 189 g/mol. The molecule has 0 radical (unpaired) electrons. The molecule has 0 aliphatic heterocycles. The highest BCUT2D eigenvalue weighted by Crippen LogP contribution is 2.47. The second kappa shape index (κ2) is 5.70. The highest BCUT2D eigenvalue weighted by molar-refractivity contribution is 8.00. The molecule has 0 aliphatic carbocycles. The van der Waals surface area contributed by atoms with Crippen LogP contribution in [0.2, 0.25) is 0 Å². The minimum absolute atomic E-state index is 0.603. The van der Waals surface area contributed by atoms with Gasteiger partial charge in [0.1, 0.15) is 0 Å². The molecule has 0 fully saturated rings. The highest BCUT2D eigenvalue weighted by atomic mass is 35.9. The summed E-state index contributed by atoms with van der Waals surface area (Å²) < 4.78 is 4.91. The van der Waals surface area contributed by atoms with Crippen molar-refractivity contribution in [2.75, 3.05) is 27.2 Å². The van der Waals surface area contributed by atoms with Gasteiger partial charge in [0.15, 0.2) is 0 Å². The summed E-state index contributed by atoms with van der Waals surface area (Å²) in [6, 6.07) is 0. The zero-order valence-corrected chi connectivity index (χ0v) is 7.88. The second-order valence-corrected chi connectivity index (χ2v) is 4.86. The summed E-state index contributed by atoms with van der Waals surface area (Å²) in [7, 11) is 3.93. The lowest BCUT2D eigenvalue weighted by molar-refractivity contribution is 0.289. The first-order valence-electron chi connectivity index (χ1n) is 2.52. The quantitative estimate of drug-likeness (QED) is 0.630. The van der Waals surface area contributed by atoms with E-state index in [1.807, 2.05) is 19.0 Å². The van der Waals surface area contributed by atoms with Gasteiger partial charge in [0.05, 0.1) is 6.61 Å². The van der Waals surface area contributed by atoms with Crippen LogP contribution in [0.5, 0.6) is 0 Å². The van der Waals surface area contributed by atoms with E-state index in [0.717, 1.165) is 6.54 Å². The summed E-state index contributed by atoms with van der Waals surface area (Å²) in [5.74, 6) is 0. The molecule has 0 saturated carbocycles. The lowest BCUT2D eigenvalue weighted by Crippen LogP contribution is -2.16. The normalized spacial score (nSPS) is 11.3. The maximum Gasteiger partial charge on any atom is 0.225 e. The number of rotatable bonds is 4. The Morgan fingerprint density at radius 1 is 1.44 bits per heavy atom. The molecule has 56 valence electrons. The Balaban J connectivity index is 2.91. The number of halogens is 2. The SMILES string of the molecule is CN(C)CCOP(Cl)Cl. The van der Waals surface area contributed by atoms with Gasteiger partial charge in [0, 0.05) is 6.54 Å². The van der Waals surface area contributed by atoms with Crippen molar-refractivity contribution in [2.45, 2.75) is 0 Å². The van der Waals surface area contributed by atoms with E-state index in [-0.39, 0.29) is 0 Å². The Hall–Kier alpha value is 0.930. The molecule has 0 aromatic heterocycles. The molecule has 0 heterocycles. The van der Waals surface area contributed by atoms with Gasteiger partial charge in [-0.3, -0.25) is 0 Å². The van der Waals surface area contributed by atoms with Crippen LogP contribution in [0.1, 0.15) is 0 Å². The summed E-state index contributed by atoms with van der Waals surface area (Å²) in [5, 5.41) is 0. The molecule has 0 atom stereocenters. The van der Waals surface area contributed by atoms with Gasteiger partial charge < -0.3 is 9.42 Å². The molecule has 0 aromatic rings. The predicted octanol–water partition coefficient (Wildman–Crippen LogP) is 2.27. The first-order valence-corrected chi connectivity index (χ1v) is 5.59. The Kier molecular flexibility index (Phi) is 6.28. The molecule has 0 spiro atoms. The van der Waals surface area contributed by atoms with Gasteiger partial charge in [0.25, 0.3) is 0 Å². The van der Waals surface area contributed by atoms with Gasteiger partial charge in [-0.2, -0.15) is 0 Å². The van der Waals surface area contributed by atoms with Crippen molar-refractivity contribution in [1.82, 2.24) is 4.90 Å². The van der Waals surface area contributed by atoms with E-state index in [1.54, 1.807) is 0 Å². The fourth-order valence-electron chi connectivity index (χ4n) is 0.292. The fraction of sp³-hybridized carbons (Fsp3) is 1.00. The maximum absolute atomic E-state index is 5.35. The van der Waals surface area contributed by atoms with Crippen molar-refractivity contribution in [3.05, 3.63) is 0 Å². The summed E-state index contributed by atoms with van der Waals surface area (Å²) in [6.07, 6.45) is 0. The molecule has 0 N–H and O–H groups in total. The molecule has 0 bridgehead atoms. The van der Waals surface area contributed by atoms with Crippen LogP contribution in [-0.2, 0) is 4.52 Å². The lowest BCUT2D eigenvalue weighted by atomic mass is 10.6. The van der Waals surface area contributed by atoms with Crippen molar-refractivity contribution in [1.29, 1.82) is 0 Å². The van der Waals surface area contributed by atoms with Crippen LogP contribution in [0, 0.1) is 0 Å². The third-order valence-corrected chi connectivity index (χ3v) is 1.69. The largest absolute Gasteiger partial charge is 0.330 e. The third-order valence-electron chi connectivity index (χ3n) is 0.727. The Labute approximate surface area is 66.5 Å². The first-order chi connectivity index (χ1) is 4.13. The molecular weight excluding hydrogens is 180 g/mol. The molecular formula is C4H10Cl2NOP. The maximum atomic E-state index is 5.35. The van der Waals surface area contributed by atoms with Gasteiger partial charge in [-0.15, -0.1) is 0 Å². The Bertz CT molecular complexity index is 63.6. The minimum atomic E-state index is -1.21. The zero-order valence-electron chi connectivity index (χ0n) is 5.47. The van der Waals surface area contributed by atoms with Crippen molar-refractivity contribution in [3.63, 3.8) is 0 Å². The van der Waals surface area contributed by atoms with Gasteiger partial charge >= 0.3 is 0 Å². The van der Waals surface area contributed by atoms with E-state index in [4.69, 9.17) is 27.0 Å². The van der Waals surface area contributed by atoms with Gasteiger partial charge in [-0.05, 0) is 36.6 Å². The van der Waals surface area contributed by atoms with E-state index in [9.17, 15) is 0 Å². The smallest absolute Gasteiger partial charge is 0.225 e. The molecule has 0 unspecified atom stereocenters. The van der Waals surface area contributed by atoms with E-state index >= 15 is 0 Å². The molecule has 0 rings (SSSR count). The zero-order chi connectivity index (χ0) is 7.28. The van der Waals surface area contributed by atoms with E-state index < -0.39 is 6.85 Å². The summed E-state index contributed by atoms with van der Waals surface area (Å²) in [5.41, 5.74) is 0. The van der Waals surface area contributed by atoms with Crippen LogP contribution in [-0.4, -0.2) is 32.1 Å². The Morgan fingerprint density at radius 3 is 2.33 bits per heavy atom. The standard InChI is InChI=1S/C4H10Cl2NOP/c1-7(2)3-4-8-9(5)6/h3-4H2,1-2H3. The number of hydrogen-bond donors (Lipinski definition) is 0.